The molecule has 2 saturated heterocycles. The van der Waals surface area contributed by atoms with Crippen molar-refractivity contribution in [2.45, 2.75) is 90.4 Å². The van der Waals surface area contributed by atoms with Gasteiger partial charge in [-0.05, 0) is 94.6 Å². The van der Waals surface area contributed by atoms with Gasteiger partial charge in [0.05, 0.1) is 12.2 Å². The van der Waals surface area contributed by atoms with Gasteiger partial charge in [0.1, 0.15) is 0 Å². The van der Waals surface area contributed by atoms with Crippen LogP contribution in [0.2, 0.25) is 0 Å². The molecule has 2 heterocycles. The summed E-state index contributed by atoms with van der Waals surface area (Å²) in [6.45, 7) is 10.2. The van der Waals surface area contributed by atoms with Gasteiger partial charge in [-0.15, -0.1) is 0 Å². The summed E-state index contributed by atoms with van der Waals surface area (Å²) in [5.41, 5.74) is 1.79. The number of hydrogen-bond acceptors (Lipinski definition) is 3. The third-order valence-electron chi connectivity index (χ3n) is 10.7. The van der Waals surface area contributed by atoms with Gasteiger partial charge in [0.25, 0.3) is 0 Å². The second kappa shape index (κ2) is 6.10. The van der Waals surface area contributed by atoms with Gasteiger partial charge in [-0.3, -0.25) is 4.79 Å². The second-order valence-electron chi connectivity index (χ2n) is 12.3. The third-order valence-corrected chi connectivity index (χ3v) is 10.7. The molecule has 6 aliphatic rings. The van der Waals surface area contributed by atoms with Crippen molar-refractivity contribution in [2.75, 3.05) is 6.61 Å². The summed E-state index contributed by atoms with van der Waals surface area (Å²) in [7, 11) is 0. The van der Waals surface area contributed by atoms with Crippen LogP contribution in [0.1, 0.15) is 79.1 Å². The molecule has 0 aromatic heterocycles. The summed E-state index contributed by atoms with van der Waals surface area (Å²) in [5, 5.41) is 0. The Labute approximate surface area is 181 Å². The summed E-state index contributed by atoms with van der Waals surface area (Å²) in [5.74, 6) is 3.30. The van der Waals surface area contributed by atoms with Gasteiger partial charge in [-0.25, -0.2) is 0 Å². The Morgan fingerprint density at radius 3 is 2.53 bits per heavy atom. The predicted molar refractivity (Wildman–Crippen MR) is 117 cm³/mol. The van der Waals surface area contributed by atoms with E-state index < -0.39 is 0 Å². The first-order valence-corrected chi connectivity index (χ1v) is 12.5. The molecule has 0 aromatic carbocycles. The molecule has 3 saturated carbocycles. The number of ether oxygens (including phenoxy) is 2. The van der Waals surface area contributed by atoms with E-state index in [0.717, 1.165) is 43.6 Å². The molecule has 164 valence electrons. The Morgan fingerprint density at radius 1 is 0.967 bits per heavy atom. The monoisotopic (exact) mass is 410 g/mol. The van der Waals surface area contributed by atoms with Crippen molar-refractivity contribution >= 4 is 5.78 Å². The number of ketones is 1. The molecule has 0 radical (unpaired) electrons. The fourth-order valence-electron chi connectivity index (χ4n) is 9.24. The predicted octanol–water partition coefficient (Wildman–Crippen LogP) is 5.84. The quantitative estimate of drug-likeness (QED) is 0.503. The van der Waals surface area contributed by atoms with Crippen molar-refractivity contribution in [3.63, 3.8) is 0 Å². The number of fused-ring (bicyclic) bond motifs is 4. The Morgan fingerprint density at radius 2 is 1.77 bits per heavy atom. The Balaban J connectivity index is 1.30. The molecule has 4 aliphatic carbocycles. The molecule has 30 heavy (non-hydrogen) atoms. The van der Waals surface area contributed by atoms with Crippen LogP contribution >= 0.6 is 0 Å². The zero-order chi connectivity index (χ0) is 20.9. The van der Waals surface area contributed by atoms with E-state index in [1.54, 1.807) is 0 Å². The van der Waals surface area contributed by atoms with E-state index in [-0.39, 0.29) is 22.6 Å². The summed E-state index contributed by atoms with van der Waals surface area (Å²) >= 11 is 0. The van der Waals surface area contributed by atoms with Gasteiger partial charge >= 0.3 is 0 Å². The molecule has 0 N–H and O–H groups in total. The molecule has 3 heteroatoms. The smallest absolute Gasteiger partial charge is 0.178 e. The van der Waals surface area contributed by atoms with Crippen LogP contribution in [0.4, 0.5) is 0 Å². The molecule has 2 spiro atoms. The molecule has 3 nitrogen and oxygen atoms in total. The van der Waals surface area contributed by atoms with Crippen LogP contribution in [0, 0.1) is 40.4 Å². The Hall–Kier alpha value is -0.930. The van der Waals surface area contributed by atoms with Crippen LogP contribution in [-0.2, 0) is 14.3 Å². The summed E-state index contributed by atoms with van der Waals surface area (Å²) in [6.07, 6.45) is 15.8. The van der Waals surface area contributed by atoms with Gasteiger partial charge in [-0.2, -0.15) is 0 Å². The van der Waals surface area contributed by atoms with Gasteiger partial charge < -0.3 is 9.47 Å². The number of carbonyl (C=O) groups is 1. The summed E-state index contributed by atoms with van der Waals surface area (Å²) in [6, 6.07) is 0. The Bertz CT molecular complexity index is 839. The van der Waals surface area contributed by atoms with E-state index in [1.807, 2.05) is 12.2 Å². The van der Waals surface area contributed by atoms with E-state index in [9.17, 15) is 4.79 Å². The molecule has 2 aliphatic heterocycles. The molecular weight excluding hydrogens is 372 g/mol. The van der Waals surface area contributed by atoms with Crippen LogP contribution in [0.25, 0.3) is 0 Å². The number of carbonyl (C=O) groups excluding carboxylic acids is 1. The molecule has 0 aromatic rings. The SMILES string of the molecule is C[C@H]1[C@H]2CCC3[C@@H]4CCC5=CC(=O)C=C[C@]5(C)C4CC[C@@]32CO[C@]12CCC(C)(C)O2. The largest absolute Gasteiger partial charge is 0.349 e. The highest BCUT2D eigenvalue weighted by atomic mass is 16.7. The molecule has 6 rings (SSSR count). The van der Waals surface area contributed by atoms with Crippen molar-refractivity contribution in [1.82, 2.24) is 0 Å². The molecule has 0 bridgehead atoms. The molecular formula is C27H38O3. The number of rotatable bonds is 0. The van der Waals surface area contributed by atoms with Crippen LogP contribution < -0.4 is 0 Å². The average Bonchev–Trinajstić information content (AvgIpc) is 3.25. The van der Waals surface area contributed by atoms with Crippen molar-refractivity contribution in [3.05, 3.63) is 23.8 Å². The topological polar surface area (TPSA) is 35.5 Å². The lowest BCUT2D eigenvalue weighted by Gasteiger charge is -2.61. The van der Waals surface area contributed by atoms with Crippen LogP contribution in [0.5, 0.6) is 0 Å². The fraction of sp³-hybridized carbons (Fsp3) is 0.815. The average molecular weight is 411 g/mol. The number of hydrogen-bond donors (Lipinski definition) is 0. The first-order chi connectivity index (χ1) is 14.2. The standard InChI is InChI=1S/C27H38O3/c1-17-21-7-8-23-20-6-5-18-15-19(28)9-11-25(18,4)22(20)10-12-26(21,23)16-29-27(17)14-13-24(2,3)30-27/h9,11,15,17,20-23H,5-8,10,12-14,16H2,1-4H3/t17-,20+,21+,22?,23?,25-,26-,27-/m0/s1. The maximum absolute atomic E-state index is 12.0. The van der Waals surface area contributed by atoms with Crippen LogP contribution in [-0.4, -0.2) is 23.8 Å². The van der Waals surface area contributed by atoms with Gasteiger partial charge in [0, 0.05) is 23.2 Å². The highest BCUT2D eigenvalue weighted by molar-refractivity contribution is 6.01. The van der Waals surface area contributed by atoms with E-state index in [1.165, 1.54) is 37.7 Å². The third kappa shape index (κ3) is 2.43. The molecule has 2 unspecified atom stereocenters. The summed E-state index contributed by atoms with van der Waals surface area (Å²) < 4.78 is 13.4. The van der Waals surface area contributed by atoms with Crippen molar-refractivity contribution in [2.24, 2.45) is 40.4 Å². The highest BCUT2D eigenvalue weighted by Gasteiger charge is 2.67. The van der Waals surface area contributed by atoms with Crippen molar-refractivity contribution < 1.29 is 14.3 Å². The van der Waals surface area contributed by atoms with Crippen molar-refractivity contribution in [1.29, 1.82) is 0 Å². The van der Waals surface area contributed by atoms with Crippen LogP contribution in [0.15, 0.2) is 23.8 Å². The number of allylic oxidation sites excluding steroid dienone is 4. The summed E-state index contributed by atoms with van der Waals surface area (Å²) in [4.78, 5) is 12.0. The minimum Gasteiger partial charge on any atom is -0.349 e. The zero-order valence-corrected chi connectivity index (χ0v) is 19.2. The first kappa shape index (κ1) is 19.7. The van der Waals surface area contributed by atoms with E-state index >= 15 is 0 Å². The van der Waals surface area contributed by atoms with Gasteiger partial charge in [0.15, 0.2) is 11.6 Å². The molecule has 5 fully saturated rings. The minimum absolute atomic E-state index is 0.0557. The van der Waals surface area contributed by atoms with E-state index in [2.05, 4.69) is 33.8 Å². The first-order valence-electron chi connectivity index (χ1n) is 12.5. The van der Waals surface area contributed by atoms with Gasteiger partial charge in [0.2, 0.25) is 0 Å². The lowest BCUT2D eigenvalue weighted by atomic mass is 9.46. The highest BCUT2D eigenvalue weighted by Crippen LogP contribution is 2.70. The lowest BCUT2D eigenvalue weighted by molar-refractivity contribution is -0.329. The minimum atomic E-state index is -0.341. The molecule has 0 amide bonds. The normalized spacial score (nSPS) is 53.7. The maximum atomic E-state index is 12.0. The van der Waals surface area contributed by atoms with Gasteiger partial charge in [-0.1, -0.05) is 25.5 Å². The maximum Gasteiger partial charge on any atom is 0.178 e. The Kier molecular flexibility index (Phi) is 4.01. The second-order valence-corrected chi connectivity index (χ2v) is 12.3. The lowest BCUT2D eigenvalue weighted by Crippen LogP contribution is -2.60. The van der Waals surface area contributed by atoms with E-state index in [4.69, 9.17) is 9.47 Å². The van der Waals surface area contributed by atoms with Crippen molar-refractivity contribution in [3.8, 4) is 0 Å². The van der Waals surface area contributed by atoms with Crippen LogP contribution in [0.3, 0.4) is 0 Å². The molecule has 8 atom stereocenters. The zero-order valence-electron chi connectivity index (χ0n) is 19.2. The van der Waals surface area contributed by atoms with E-state index in [0.29, 0.717) is 17.3 Å². The fourth-order valence-corrected chi connectivity index (χ4v) is 9.24.